The van der Waals surface area contributed by atoms with Gasteiger partial charge in [0.2, 0.25) is 0 Å². The van der Waals surface area contributed by atoms with Gasteiger partial charge in [0.25, 0.3) is 11.1 Å². The van der Waals surface area contributed by atoms with Crippen LogP contribution in [-0.2, 0) is 4.79 Å². The Kier molecular flexibility index (Phi) is 5.66. The van der Waals surface area contributed by atoms with Crippen molar-refractivity contribution >= 4 is 34.7 Å². The third kappa shape index (κ3) is 4.06. The van der Waals surface area contributed by atoms with Gasteiger partial charge in [0, 0.05) is 6.07 Å². The first-order valence-corrected chi connectivity index (χ1v) is 9.08. The molecule has 0 bridgehead atoms. The number of hydrogen-bond donors (Lipinski definition) is 0. The van der Waals surface area contributed by atoms with Crippen molar-refractivity contribution in [3.05, 3.63) is 70.6 Å². The van der Waals surface area contributed by atoms with Gasteiger partial charge in [0.1, 0.15) is 11.5 Å². The average molecular weight is 381 g/mol. The fourth-order valence-corrected chi connectivity index (χ4v) is 3.59. The second-order valence-corrected chi connectivity index (χ2v) is 6.85. The van der Waals surface area contributed by atoms with E-state index in [4.69, 9.17) is 9.47 Å². The molecule has 0 atom stereocenters. The van der Waals surface area contributed by atoms with Gasteiger partial charge in [-0.05, 0) is 48.0 Å². The summed E-state index contributed by atoms with van der Waals surface area (Å²) >= 11 is 0.916. The minimum atomic E-state index is -0.366. The first-order chi connectivity index (χ1) is 13.0. The van der Waals surface area contributed by atoms with Gasteiger partial charge >= 0.3 is 0 Å². The van der Waals surface area contributed by atoms with Crippen LogP contribution in [0.5, 0.6) is 11.5 Å². The Hall–Kier alpha value is -2.99. The average Bonchev–Trinajstić information content (AvgIpc) is 2.95. The topological polar surface area (TPSA) is 55.8 Å². The number of ether oxygens (including phenoxy) is 2. The zero-order valence-electron chi connectivity index (χ0n) is 15.3. The van der Waals surface area contributed by atoms with Gasteiger partial charge in [0.15, 0.2) is 0 Å². The lowest BCUT2D eigenvalue weighted by atomic mass is 10.1. The number of carbonyl (C=O) groups is 2. The van der Waals surface area contributed by atoms with E-state index in [0.29, 0.717) is 22.1 Å². The second-order valence-electron chi connectivity index (χ2n) is 5.85. The van der Waals surface area contributed by atoms with Crippen molar-refractivity contribution in [2.45, 2.75) is 6.92 Å². The number of methoxy groups -OCH3 is 2. The molecular formula is C21H19NO4S. The second kappa shape index (κ2) is 8.14. The van der Waals surface area contributed by atoms with Crippen molar-refractivity contribution < 1.29 is 19.1 Å². The summed E-state index contributed by atoms with van der Waals surface area (Å²) in [6.07, 6.45) is 3.69. The van der Waals surface area contributed by atoms with Crippen molar-refractivity contribution in [3.63, 3.8) is 0 Å². The van der Waals surface area contributed by atoms with Crippen LogP contribution in [0, 0.1) is 0 Å². The molecule has 3 rings (SSSR count). The Morgan fingerprint density at radius 3 is 2.44 bits per heavy atom. The maximum absolute atomic E-state index is 12.8. The maximum atomic E-state index is 12.8. The van der Waals surface area contributed by atoms with Crippen LogP contribution < -0.4 is 14.4 Å². The van der Waals surface area contributed by atoms with Crippen LogP contribution in [0.1, 0.15) is 12.5 Å². The zero-order valence-corrected chi connectivity index (χ0v) is 16.1. The molecule has 1 aliphatic heterocycles. The van der Waals surface area contributed by atoms with Crippen LogP contribution in [0.4, 0.5) is 10.5 Å². The van der Waals surface area contributed by atoms with Gasteiger partial charge in [0.05, 0.1) is 24.8 Å². The highest BCUT2D eigenvalue weighted by Crippen LogP contribution is 2.40. The lowest BCUT2D eigenvalue weighted by Gasteiger charge is -2.16. The van der Waals surface area contributed by atoms with Crippen LogP contribution in [0.3, 0.4) is 0 Å². The number of nitrogens with zero attached hydrogens (tertiary/aromatic N) is 1. The number of carbonyl (C=O) groups excluding carboxylic acids is 2. The van der Waals surface area contributed by atoms with Gasteiger partial charge in [-0.3, -0.25) is 9.59 Å². The number of allylic oxidation sites excluding steroid dienone is 2. The van der Waals surface area contributed by atoms with Crippen molar-refractivity contribution in [2.24, 2.45) is 0 Å². The molecule has 2 aromatic carbocycles. The van der Waals surface area contributed by atoms with E-state index in [9.17, 15) is 9.59 Å². The first kappa shape index (κ1) is 18.8. The van der Waals surface area contributed by atoms with E-state index in [2.05, 4.69) is 0 Å². The summed E-state index contributed by atoms with van der Waals surface area (Å²) in [6, 6.07) is 14.8. The molecule has 138 valence electrons. The van der Waals surface area contributed by atoms with E-state index in [0.717, 1.165) is 27.8 Å². The van der Waals surface area contributed by atoms with Gasteiger partial charge in [-0.1, -0.05) is 36.4 Å². The summed E-state index contributed by atoms with van der Waals surface area (Å²) in [5.74, 6) is 0.614. The smallest absolute Gasteiger partial charge is 0.298 e. The summed E-state index contributed by atoms with van der Waals surface area (Å²) < 4.78 is 10.5. The van der Waals surface area contributed by atoms with Crippen molar-refractivity contribution in [2.75, 3.05) is 19.1 Å². The van der Waals surface area contributed by atoms with Crippen LogP contribution >= 0.6 is 11.8 Å². The predicted octanol–water partition coefficient (Wildman–Crippen LogP) is 4.89. The quantitative estimate of drug-likeness (QED) is 0.690. The lowest BCUT2D eigenvalue weighted by molar-refractivity contribution is -0.113. The summed E-state index contributed by atoms with van der Waals surface area (Å²) in [5, 5.41) is -0.359. The van der Waals surface area contributed by atoms with Crippen molar-refractivity contribution in [1.29, 1.82) is 0 Å². The Balaban J connectivity index is 1.90. The molecule has 6 heteroatoms. The molecule has 2 amide bonds. The van der Waals surface area contributed by atoms with Gasteiger partial charge in [-0.2, -0.15) is 0 Å². The van der Waals surface area contributed by atoms with E-state index >= 15 is 0 Å². The minimum absolute atomic E-state index is 0.359. The van der Waals surface area contributed by atoms with Crippen molar-refractivity contribution in [1.82, 2.24) is 0 Å². The molecule has 27 heavy (non-hydrogen) atoms. The van der Waals surface area contributed by atoms with E-state index in [1.807, 2.05) is 43.3 Å². The molecule has 0 unspecified atom stereocenters. The first-order valence-electron chi connectivity index (χ1n) is 8.27. The molecule has 0 radical (unpaired) electrons. The molecule has 2 aromatic rings. The van der Waals surface area contributed by atoms with E-state index in [1.54, 1.807) is 31.4 Å². The molecular weight excluding hydrogens is 362 g/mol. The predicted molar refractivity (Wildman–Crippen MR) is 108 cm³/mol. The molecule has 0 N–H and O–H groups in total. The lowest BCUT2D eigenvalue weighted by Crippen LogP contribution is -2.28. The Bertz CT molecular complexity index is 934. The molecule has 0 aromatic heterocycles. The van der Waals surface area contributed by atoms with Gasteiger partial charge < -0.3 is 9.47 Å². The summed E-state index contributed by atoms with van der Waals surface area (Å²) in [6.45, 7) is 1.90. The number of amides is 2. The Labute approximate surface area is 162 Å². The summed E-state index contributed by atoms with van der Waals surface area (Å²) in [4.78, 5) is 26.8. The normalized spacial score (nSPS) is 16.2. The van der Waals surface area contributed by atoms with E-state index < -0.39 is 0 Å². The minimum Gasteiger partial charge on any atom is -0.497 e. The molecule has 1 saturated heterocycles. The highest BCUT2D eigenvalue weighted by Gasteiger charge is 2.37. The fourth-order valence-electron chi connectivity index (χ4n) is 2.71. The molecule has 0 aliphatic carbocycles. The highest BCUT2D eigenvalue weighted by atomic mass is 32.2. The standard InChI is InChI=1S/C21H19NO4S/c1-14(11-15-7-5-4-6-8-15)12-19-20(23)22(21(24)27-19)17-10-9-16(25-2)13-18(17)26-3/h4-13H,1-3H3/b14-11+,19-12-. The SMILES string of the molecule is COc1ccc(N2C(=O)S/C(=C\C(C)=C\c3ccccc3)C2=O)c(OC)c1. The fraction of sp³-hybridized carbons (Fsp3) is 0.143. The van der Waals surface area contributed by atoms with Crippen molar-refractivity contribution in [3.8, 4) is 11.5 Å². The maximum Gasteiger partial charge on any atom is 0.298 e. The molecule has 1 heterocycles. The van der Waals surface area contributed by atoms with Crippen LogP contribution in [0.25, 0.3) is 6.08 Å². The number of rotatable bonds is 5. The van der Waals surface area contributed by atoms with Crippen LogP contribution in [0.15, 0.2) is 65.1 Å². The molecule has 5 nitrogen and oxygen atoms in total. The summed E-state index contributed by atoms with van der Waals surface area (Å²) in [5.41, 5.74) is 2.31. The molecule has 1 fully saturated rings. The van der Waals surface area contributed by atoms with Gasteiger partial charge in [-0.25, -0.2) is 4.90 Å². The third-order valence-electron chi connectivity index (χ3n) is 3.97. The Morgan fingerprint density at radius 1 is 1.04 bits per heavy atom. The number of imide groups is 1. The molecule has 1 aliphatic rings. The van der Waals surface area contributed by atoms with E-state index in [-0.39, 0.29) is 11.1 Å². The van der Waals surface area contributed by atoms with Crippen LogP contribution in [-0.4, -0.2) is 25.4 Å². The molecule has 0 spiro atoms. The monoisotopic (exact) mass is 381 g/mol. The highest BCUT2D eigenvalue weighted by molar-refractivity contribution is 8.18. The Morgan fingerprint density at radius 2 is 1.78 bits per heavy atom. The zero-order chi connectivity index (χ0) is 19.4. The van der Waals surface area contributed by atoms with E-state index in [1.165, 1.54) is 7.11 Å². The number of anilines is 1. The number of hydrogen-bond acceptors (Lipinski definition) is 5. The largest absolute Gasteiger partial charge is 0.497 e. The number of thioether (sulfide) groups is 1. The van der Waals surface area contributed by atoms with Crippen LogP contribution in [0.2, 0.25) is 0 Å². The molecule has 0 saturated carbocycles. The summed E-state index contributed by atoms with van der Waals surface area (Å²) in [7, 11) is 3.03. The third-order valence-corrected chi connectivity index (χ3v) is 4.84. The van der Waals surface area contributed by atoms with Gasteiger partial charge in [-0.15, -0.1) is 0 Å². The number of benzene rings is 2.